The first-order valence-electron chi connectivity index (χ1n) is 11.6. The predicted molar refractivity (Wildman–Crippen MR) is 130 cm³/mol. The van der Waals surface area contributed by atoms with Gasteiger partial charge in [-0.1, -0.05) is 66.7 Å². The standard InChI is InChI=1S/C28H25F2N3O2/c29-28(30)35-24-13-7-12-22(18-24)27(34)32-16-14-23(15-17-32)33-26(21-10-5-2-6-11-21)19-25(31-33)20-8-3-1-4-9-20/h1-13,18-19,23,28H,14-17H2. The van der Waals surface area contributed by atoms with Crippen molar-refractivity contribution in [3.63, 3.8) is 0 Å². The van der Waals surface area contributed by atoms with E-state index < -0.39 is 6.61 Å². The van der Waals surface area contributed by atoms with Crippen molar-refractivity contribution in [2.75, 3.05) is 13.1 Å². The summed E-state index contributed by atoms with van der Waals surface area (Å²) in [6, 6.07) is 28.5. The number of ether oxygens (including phenoxy) is 1. The Bertz CT molecular complexity index is 1280. The highest BCUT2D eigenvalue weighted by molar-refractivity contribution is 5.94. The fraction of sp³-hybridized carbons (Fsp3) is 0.214. The largest absolute Gasteiger partial charge is 0.435 e. The summed E-state index contributed by atoms with van der Waals surface area (Å²) in [5, 5.41) is 4.97. The highest BCUT2D eigenvalue weighted by Gasteiger charge is 2.27. The summed E-state index contributed by atoms with van der Waals surface area (Å²) < 4.78 is 31.6. The van der Waals surface area contributed by atoms with Gasteiger partial charge in [0.1, 0.15) is 5.75 Å². The van der Waals surface area contributed by atoms with E-state index in [1.165, 1.54) is 12.1 Å². The second-order valence-corrected chi connectivity index (χ2v) is 8.52. The van der Waals surface area contributed by atoms with E-state index in [1.54, 1.807) is 17.0 Å². The van der Waals surface area contributed by atoms with Gasteiger partial charge in [-0.3, -0.25) is 9.48 Å². The van der Waals surface area contributed by atoms with Crippen LogP contribution in [0.15, 0.2) is 91.0 Å². The third kappa shape index (κ3) is 5.09. The molecule has 0 spiro atoms. The van der Waals surface area contributed by atoms with Crippen molar-refractivity contribution in [1.82, 2.24) is 14.7 Å². The number of benzene rings is 3. The Morgan fingerprint density at radius 3 is 2.17 bits per heavy atom. The average Bonchev–Trinajstić information content (AvgIpc) is 3.35. The Morgan fingerprint density at radius 1 is 0.857 bits per heavy atom. The smallest absolute Gasteiger partial charge is 0.387 e. The van der Waals surface area contributed by atoms with Crippen molar-refractivity contribution in [1.29, 1.82) is 0 Å². The van der Waals surface area contributed by atoms with E-state index in [2.05, 4.69) is 39.8 Å². The van der Waals surface area contributed by atoms with Gasteiger partial charge in [0.15, 0.2) is 0 Å². The number of alkyl halides is 2. The molecule has 3 aromatic carbocycles. The van der Waals surface area contributed by atoms with Crippen molar-refractivity contribution in [3.8, 4) is 28.3 Å². The summed E-state index contributed by atoms with van der Waals surface area (Å²) >= 11 is 0. The maximum atomic E-state index is 13.0. The molecule has 0 atom stereocenters. The minimum Gasteiger partial charge on any atom is -0.435 e. The van der Waals surface area contributed by atoms with E-state index in [4.69, 9.17) is 5.10 Å². The van der Waals surface area contributed by atoms with Gasteiger partial charge in [-0.15, -0.1) is 0 Å². The lowest BCUT2D eigenvalue weighted by Gasteiger charge is -2.33. The third-order valence-electron chi connectivity index (χ3n) is 6.28. The maximum absolute atomic E-state index is 13.0. The number of amides is 1. The third-order valence-corrected chi connectivity index (χ3v) is 6.28. The number of hydrogen-bond acceptors (Lipinski definition) is 3. The van der Waals surface area contributed by atoms with E-state index in [0.29, 0.717) is 18.7 Å². The van der Waals surface area contributed by atoms with Gasteiger partial charge < -0.3 is 9.64 Å². The molecule has 5 rings (SSSR count). The number of carbonyl (C=O) groups excluding carboxylic acids is 1. The first-order valence-corrected chi connectivity index (χ1v) is 11.6. The van der Waals surface area contributed by atoms with Crippen LogP contribution in [0.3, 0.4) is 0 Å². The van der Waals surface area contributed by atoms with Crippen molar-refractivity contribution < 1.29 is 18.3 Å². The minimum absolute atomic E-state index is 0.0155. The molecular formula is C28H25F2N3O2. The van der Waals surface area contributed by atoms with Gasteiger partial charge in [-0.25, -0.2) is 0 Å². The summed E-state index contributed by atoms with van der Waals surface area (Å²) in [4.78, 5) is 14.8. The molecule has 0 saturated carbocycles. The fourth-order valence-corrected chi connectivity index (χ4v) is 4.55. The molecule has 1 fully saturated rings. The minimum atomic E-state index is -2.93. The molecule has 2 heterocycles. The van der Waals surface area contributed by atoms with Gasteiger partial charge in [0.25, 0.3) is 5.91 Å². The van der Waals surface area contributed by atoms with Crippen LogP contribution in [0, 0.1) is 0 Å². The number of nitrogens with zero attached hydrogens (tertiary/aromatic N) is 3. The van der Waals surface area contributed by atoms with Crippen LogP contribution < -0.4 is 4.74 Å². The zero-order valence-corrected chi connectivity index (χ0v) is 19.1. The zero-order chi connectivity index (χ0) is 24.2. The van der Waals surface area contributed by atoms with Crippen LogP contribution >= 0.6 is 0 Å². The molecule has 0 N–H and O–H groups in total. The Kier molecular flexibility index (Phi) is 6.57. The van der Waals surface area contributed by atoms with Crippen LogP contribution in [-0.2, 0) is 0 Å². The predicted octanol–water partition coefficient (Wildman–Crippen LogP) is 6.30. The summed E-state index contributed by atoms with van der Waals surface area (Å²) in [5.74, 6) is -0.199. The summed E-state index contributed by atoms with van der Waals surface area (Å²) in [7, 11) is 0. The van der Waals surface area contributed by atoms with E-state index in [1.807, 2.05) is 36.4 Å². The second-order valence-electron chi connectivity index (χ2n) is 8.52. The molecule has 0 unspecified atom stereocenters. The highest BCUT2D eigenvalue weighted by Crippen LogP contribution is 2.33. The molecule has 0 radical (unpaired) electrons. The van der Waals surface area contributed by atoms with Crippen molar-refractivity contribution in [2.45, 2.75) is 25.5 Å². The van der Waals surface area contributed by atoms with Crippen LogP contribution in [0.5, 0.6) is 5.75 Å². The van der Waals surface area contributed by atoms with Crippen molar-refractivity contribution in [3.05, 3.63) is 96.6 Å². The lowest BCUT2D eigenvalue weighted by molar-refractivity contribution is -0.0499. The second kappa shape index (κ2) is 10.1. The maximum Gasteiger partial charge on any atom is 0.387 e. The number of aromatic nitrogens is 2. The Balaban J connectivity index is 1.35. The van der Waals surface area contributed by atoms with E-state index in [-0.39, 0.29) is 17.7 Å². The number of carbonyl (C=O) groups is 1. The molecule has 35 heavy (non-hydrogen) atoms. The van der Waals surface area contributed by atoms with Crippen LogP contribution in [0.1, 0.15) is 29.2 Å². The lowest BCUT2D eigenvalue weighted by Crippen LogP contribution is -2.39. The van der Waals surface area contributed by atoms with Crippen LogP contribution in [0.25, 0.3) is 22.5 Å². The molecule has 1 saturated heterocycles. The summed E-state index contributed by atoms with van der Waals surface area (Å²) in [6.07, 6.45) is 1.49. The molecule has 178 valence electrons. The van der Waals surface area contributed by atoms with Gasteiger partial charge in [0.05, 0.1) is 17.4 Å². The van der Waals surface area contributed by atoms with Gasteiger partial charge in [-0.05, 0) is 42.7 Å². The van der Waals surface area contributed by atoms with Crippen molar-refractivity contribution >= 4 is 5.91 Å². The summed E-state index contributed by atoms with van der Waals surface area (Å²) in [5.41, 5.74) is 4.46. The van der Waals surface area contributed by atoms with E-state index in [9.17, 15) is 13.6 Å². The molecular weight excluding hydrogens is 448 g/mol. The van der Waals surface area contributed by atoms with Crippen LogP contribution in [0.4, 0.5) is 8.78 Å². The first kappa shape index (κ1) is 22.8. The van der Waals surface area contributed by atoms with Gasteiger partial charge >= 0.3 is 6.61 Å². The molecule has 1 aromatic heterocycles. The average molecular weight is 474 g/mol. The molecule has 1 aliphatic heterocycles. The molecule has 7 heteroatoms. The van der Waals surface area contributed by atoms with E-state index >= 15 is 0 Å². The topological polar surface area (TPSA) is 47.4 Å². The Labute approximate surface area is 202 Å². The van der Waals surface area contributed by atoms with E-state index in [0.717, 1.165) is 35.4 Å². The molecule has 1 amide bonds. The first-order chi connectivity index (χ1) is 17.1. The Hall–Kier alpha value is -4.00. The molecule has 0 bridgehead atoms. The number of piperidine rings is 1. The van der Waals surface area contributed by atoms with Crippen LogP contribution in [-0.4, -0.2) is 40.3 Å². The molecule has 1 aliphatic rings. The van der Waals surface area contributed by atoms with Gasteiger partial charge in [0.2, 0.25) is 0 Å². The number of rotatable bonds is 6. The number of likely N-dealkylation sites (tertiary alicyclic amines) is 1. The highest BCUT2D eigenvalue weighted by atomic mass is 19.3. The number of halogens is 2. The summed E-state index contributed by atoms with van der Waals surface area (Å²) in [6.45, 7) is -1.82. The monoisotopic (exact) mass is 473 g/mol. The number of hydrogen-bond donors (Lipinski definition) is 0. The lowest BCUT2D eigenvalue weighted by atomic mass is 10.0. The zero-order valence-electron chi connectivity index (χ0n) is 19.1. The van der Waals surface area contributed by atoms with Gasteiger partial charge in [0, 0.05) is 24.2 Å². The normalized spacial score (nSPS) is 14.3. The van der Waals surface area contributed by atoms with Crippen molar-refractivity contribution in [2.24, 2.45) is 0 Å². The quantitative estimate of drug-likeness (QED) is 0.330. The van der Waals surface area contributed by atoms with Gasteiger partial charge in [-0.2, -0.15) is 13.9 Å². The fourth-order valence-electron chi connectivity index (χ4n) is 4.55. The molecule has 4 aromatic rings. The molecule has 5 nitrogen and oxygen atoms in total. The molecule has 0 aliphatic carbocycles. The van der Waals surface area contributed by atoms with Crippen LogP contribution in [0.2, 0.25) is 0 Å². The Morgan fingerprint density at radius 2 is 1.51 bits per heavy atom. The SMILES string of the molecule is O=C(c1cccc(OC(F)F)c1)N1CCC(n2nc(-c3ccccc3)cc2-c2ccccc2)CC1.